The number of alkyl halides is 1. The largest absolute Gasteiger partial charge is 0.355 e. The summed E-state index contributed by atoms with van der Waals surface area (Å²) in [4.78, 5) is 11.1. The molecule has 2 unspecified atom stereocenters. The Balaban J connectivity index is 2.09. The van der Waals surface area contributed by atoms with E-state index in [1.807, 2.05) is 6.07 Å². The maximum atomic E-state index is 4.28. The Hall–Kier alpha value is -0.640. The third kappa shape index (κ3) is 2.48. The van der Waals surface area contributed by atoms with Gasteiger partial charge in [-0.3, -0.25) is 0 Å². The predicted octanol–water partition coefficient (Wildman–Crippen LogP) is 2.62. The van der Waals surface area contributed by atoms with Crippen LogP contribution in [0.2, 0.25) is 0 Å². The Labute approximate surface area is 99.0 Å². The van der Waals surface area contributed by atoms with E-state index in [4.69, 9.17) is 0 Å². The van der Waals surface area contributed by atoms with Crippen molar-refractivity contribution in [2.75, 3.05) is 11.9 Å². The Bertz CT molecular complexity index is 304. The van der Waals surface area contributed by atoms with Gasteiger partial charge in [-0.15, -0.1) is 0 Å². The van der Waals surface area contributed by atoms with Crippen LogP contribution in [0.25, 0.3) is 0 Å². The lowest BCUT2D eigenvalue weighted by Crippen LogP contribution is -2.41. The molecule has 1 aliphatic rings. The van der Waals surface area contributed by atoms with E-state index in [9.17, 15) is 0 Å². The van der Waals surface area contributed by atoms with E-state index < -0.39 is 0 Å². The van der Waals surface area contributed by atoms with Gasteiger partial charge in [0.25, 0.3) is 0 Å². The van der Waals surface area contributed by atoms with Gasteiger partial charge in [-0.1, -0.05) is 28.8 Å². The molecule has 82 valence electrons. The van der Waals surface area contributed by atoms with Crippen LogP contribution in [0.1, 0.15) is 25.7 Å². The minimum absolute atomic E-state index is 0.564. The molecule has 0 saturated heterocycles. The molecule has 0 amide bonds. The topological polar surface area (TPSA) is 29.0 Å². The molecule has 0 spiro atoms. The highest BCUT2D eigenvalue weighted by molar-refractivity contribution is 9.09. The van der Waals surface area contributed by atoms with Crippen LogP contribution in [0.15, 0.2) is 18.6 Å². The van der Waals surface area contributed by atoms with E-state index in [-0.39, 0.29) is 0 Å². The van der Waals surface area contributed by atoms with Crippen molar-refractivity contribution in [3.05, 3.63) is 18.6 Å². The molecule has 1 aromatic rings. The summed E-state index contributed by atoms with van der Waals surface area (Å²) in [6.45, 7) is 0. The van der Waals surface area contributed by atoms with Gasteiger partial charge in [0, 0.05) is 24.1 Å². The molecule has 1 aliphatic carbocycles. The molecule has 4 heteroatoms. The van der Waals surface area contributed by atoms with Gasteiger partial charge >= 0.3 is 0 Å². The zero-order valence-corrected chi connectivity index (χ0v) is 10.5. The monoisotopic (exact) mass is 269 g/mol. The van der Waals surface area contributed by atoms with Crippen molar-refractivity contribution in [1.82, 2.24) is 9.97 Å². The SMILES string of the molecule is CN(c1ccncn1)C1CCCCC1Br. The first-order valence-corrected chi connectivity index (χ1v) is 6.33. The van der Waals surface area contributed by atoms with Gasteiger partial charge in [0.2, 0.25) is 0 Å². The first-order valence-electron chi connectivity index (χ1n) is 5.42. The Morgan fingerprint density at radius 2 is 2.20 bits per heavy atom. The zero-order chi connectivity index (χ0) is 10.7. The molecule has 15 heavy (non-hydrogen) atoms. The Morgan fingerprint density at radius 1 is 1.40 bits per heavy atom. The third-order valence-electron chi connectivity index (χ3n) is 3.07. The van der Waals surface area contributed by atoms with Crippen LogP contribution in [0.3, 0.4) is 0 Å². The molecule has 0 aliphatic heterocycles. The first-order chi connectivity index (χ1) is 7.29. The molecular formula is C11H16BrN3. The smallest absolute Gasteiger partial charge is 0.131 e. The molecule has 1 heterocycles. The first kappa shape index (κ1) is 10.9. The number of anilines is 1. The van der Waals surface area contributed by atoms with Crippen LogP contribution in [0.4, 0.5) is 5.82 Å². The zero-order valence-electron chi connectivity index (χ0n) is 8.93. The van der Waals surface area contributed by atoms with Gasteiger partial charge in [-0.05, 0) is 18.9 Å². The lowest BCUT2D eigenvalue weighted by molar-refractivity contribution is 0.442. The van der Waals surface area contributed by atoms with E-state index in [0.717, 1.165) is 5.82 Å². The third-order valence-corrected chi connectivity index (χ3v) is 4.14. The van der Waals surface area contributed by atoms with E-state index >= 15 is 0 Å². The van der Waals surface area contributed by atoms with Crippen LogP contribution in [0.5, 0.6) is 0 Å². The molecule has 2 rings (SSSR count). The number of hydrogen-bond donors (Lipinski definition) is 0. The lowest BCUT2D eigenvalue weighted by Gasteiger charge is -2.35. The fourth-order valence-corrected chi connectivity index (χ4v) is 3.11. The fourth-order valence-electron chi connectivity index (χ4n) is 2.16. The summed E-state index contributed by atoms with van der Waals surface area (Å²) in [7, 11) is 2.12. The Morgan fingerprint density at radius 3 is 2.87 bits per heavy atom. The average Bonchev–Trinajstić information content (AvgIpc) is 2.30. The second kappa shape index (κ2) is 4.92. The maximum absolute atomic E-state index is 4.28. The number of hydrogen-bond acceptors (Lipinski definition) is 3. The van der Waals surface area contributed by atoms with Crippen LogP contribution in [0, 0.1) is 0 Å². The molecule has 0 bridgehead atoms. The molecule has 0 N–H and O–H groups in total. The highest BCUT2D eigenvalue weighted by atomic mass is 79.9. The second-order valence-electron chi connectivity index (χ2n) is 4.05. The van der Waals surface area contributed by atoms with Gasteiger partial charge < -0.3 is 4.90 Å². The van der Waals surface area contributed by atoms with Gasteiger partial charge in [0.15, 0.2) is 0 Å². The van der Waals surface area contributed by atoms with Crippen LogP contribution >= 0.6 is 15.9 Å². The fraction of sp³-hybridized carbons (Fsp3) is 0.636. The van der Waals surface area contributed by atoms with Crippen molar-refractivity contribution >= 4 is 21.7 Å². The van der Waals surface area contributed by atoms with Gasteiger partial charge in [0.1, 0.15) is 12.1 Å². The summed E-state index contributed by atoms with van der Waals surface area (Å²) in [5, 5.41) is 0. The quantitative estimate of drug-likeness (QED) is 0.773. The van der Waals surface area contributed by atoms with Crippen LogP contribution in [-0.4, -0.2) is 27.9 Å². The number of halogens is 1. The van der Waals surface area contributed by atoms with E-state index in [0.29, 0.717) is 10.9 Å². The molecule has 1 aromatic heterocycles. The second-order valence-corrected chi connectivity index (χ2v) is 5.22. The van der Waals surface area contributed by atoms with Gasteiger partial charge in [0.05, 0.1) is 0 Å². The van der Waals surface area contributed by atoms with Crippen LogP contribution < -0.4 is 4.90 Å². The van der Waals surface area contributed by atoms with Crippen molar-refractivity contribution < 1.29 is 0 Å². The molecule has 0 aromatic carbocycles. The standard InChI is InChI=1S/C11H16BrN3/c1-15(11-6-7-13-8-14-11)10-5-3-2-4-9(10)12/h6-10H,2-5H2,1H3. The van der Waals surface area contributed by atoms with Gasteiger partial charge in [-0.2, -0.15) is 0 Å². The van der Waals surface area contributed by atoms with Crippen molar-refractivity contribution in [2.24, 2.45) is 0 Å². The summed E-state index contributed by atoms with van der Waals surface area (Å²) in [5.41, 5.74) is 0. The molecular weight excluding hydrogens is 254 g/mol. The number of rotatable bonds is 2. The van der Waals surface area contributed by atoms with E-state index in [1.54, 1.807) is 12.5 Å². The summed E-state index contributed by atoms with van der Waals surface area (Å²) in [6.07, 6.45) is 8.57. The Kier molecular flexibility index (Phi) is 3.57. The number of aromatic nitrogens is 2. The average molecular weight is 270 g/mol. The molecule has 2 atom stereocenters. The normalized spacial score (nSPS) is 26.3. The number of nitrogens with zero attached hydrogens (tertiary/aromatic N) is 3. The summed E-state index contributed by atoms with van der Waals surface area (Å²) < 4.78 is 0. The highest BCUT2D eigenvalue weighted by Gasteiger charge is 2.26. The maximum Gasteiger partial charge on any atom is 0.131 e. The summed E-state index contributed by atoms with van der Waals surface area (Å²) in [6, 6.07) is 2.53. The van der Waals surface area contributed by atoms with Crippen molar-refractivity contribution in [2.45, 2.75) is 36.6 Å². The molecule has 1 saturated carbocycles. The minimum atomic E-state index is 0.564. The molecule has 1 fully saturated rings. The lowest BCUT2D eigenvalue weighted by atomic mass is 9.94. The molecule has 3 nitrogen and oxygen atoms in total. The molecule has 0 radical (unpaired) electrons. The minimum Gasteiger partial charge on any atom is -0.355 e. The summed E-state index contributed by atoms with van der Waals surface area (Å²) >= 11 is 3.77. The van der Waals surface area contributed by atoms with E-state index in [2.05, 4.69) is 37.8 Å². The summed E-state index contributed by atoms with van der Waals surface area (Å²) in [5.74, 6) is 1.02. The van der Waals surface area contributed by atoms with Gasteiger partial charge in [-0.25, -0.2) is 9.97 Å². The highest BCUT2D eigenvalue weighted by Crippen LogP contribution is 2.29. The predicted molar refractivity (Wildman–Crippen MR) is 65.4 cm³/mol. The van der Waals surface area contributed by atoms with Crippen molar-refractivity contribution in [3.63, 3.8) is 0 Å². The van der Waals surface area contributed by atoms with Crippen molar-refractivity contribution in [3.8, 4) is 0 Å². The van der Waals surface area contributed by atoms with Crippen LogP contribution in [-0.2, 0) is 0 Å². The van der Waals surface area contributed by atoms with E-state index in [1.165, 1.54) is 25.7 Å². The van der Waals surface area contributed by atoms with Crippen molar-refractivity contribution in [1.29, 1.82) is 0 Å².